The van der Waals surface area contributed by atoms with Gasteiger partial charge in [0.1, 0.15) is 5.60 Å². The third-order valence-corrected chi connectivity index (χ3v) is 6.29. The van der Waals surface area contributed by atoms with Gasteiger partial charge in [-0.05, 0) is 55.0 Å². The second kappa shape index (κ2) is 11.5. The van der Waals surface area contributed by atoms with Gasteiger partial charge in [0.05, 0.1) is 12.3 Å². The number of ether oxygens (including phenoxy) is 1. The SMILES string of the molecule is C/C=C(\C=C/C=CO)c1ccc([C@H](C)N2CC[C@](CCCO)(c3ccccc3)OC2=O)cc1. The summed E-state index contributed by atoms with van der Waals surface area (Å²) >= 11 is 0. The Morgan fingerprint density at radius 2 is 1.88 bits per heavy atom. The van der Waals surface area contributed by atoms with E-state index in [0.29, 0.717) is 25.8 Å². The van der Waals surface area contributed by atoms with Crippen molar-refractivity contribution >= 4 is 11.7 Å². The van der Waals surface area contributed by atoms with Crippen LogP contribution in [-0.4, -0.2) is 34.4 Å². The minimum absolute atomic E-state index is 0.0677. The quantitative estimate of drug-likeness (QED) is 0.350. The van der Waals surface area contributed by atoms with Crippen LogP contribution in [0.5, 0.6) is 0 Å². The molecule has 0 bridgehead atoms. The summed E-state index contributed by atoms with van der Waals surface area (Å²) in [5.74, 6) is 0. The van der Waals surface area contributed by atoms with Crippen molar-refractivity contribution in [2.45, 2.75) is 44.8 Å². The maximum atomic E-state index is 13.1. The predicted octanol–water partition coefficient (Wildman–Crippen LogP) is 6.29. The van der Waals surface area contributed by atoms with Gasteiger partial charge in [-0.15, -0.1) is 0 Å². The van der Waals surface area contributed by atoms with E-state index in [0.717, 1.165) is 28.5 Å². The second-order valence-electron chi connectivity index (χ2n) is 8.24. The third-order valence-electron chi connectivity index (χ3n) is 6.29. The lowest BCUT2D eigenvalue weighted by molar-refractivity contribution is -0.0680. The molecule has 1 fully saturated rings. The molecule has 2 N–H and O–H groups in total. The highest BCUT2D eigenvalue weighted by atomic mass is 16.6. The molecular formula is C28H33NO4. The summed E-state index contributed by atoms with van der Waals surface area (Å²) in [6.45, 7) is 4.64. The molecule has 1 amide bonds. The lowest BCUT2D eigenvalue weighted by atomic mass is 9.84. The van der Waals surface area contributed by atoms with Crippen molar-refractivity contribution in [1.82, 2.24) is 4.90 Å². The molecule has 2 aromatic carbocycles. The maximum Gasteiger partial charge on any atom is 0.411 e. The zero-order chi connectivity index (χ0) is 23.7. The van der Waals surface area contributed by atoms with Crippen LogP contribution >= 0.6 is 0 Å². The van der Waals surface area contributed by atoms with Gasteiger partial charge >= 0.3 is 6.09 Å². The summed E-state index contributed by atoms with van der Waals surface area (Å²) in [5.41, 5.74) is 3.42. The highest BCUT2D eigenvalue weighted by Gasteiger charge is 2.43. The van der Waals surface area contributed by atoms with Crippen molar-refractivity contribution in [2.75, 3.05) is 13.2 Å². The van der Waals surface area contributed by atoms with E-state index in [9.17, 15) is 9.90 Å². The van der Waals surface area contributed by atoms with Crippen LogP contribution in [0, 0.1) is 0 Å². The van der Waals surface area contributed by atoms with Crippen molar-refractivity contribution < 1.29 is 19.7 Å². The first-order valence-corrected chi connectivity index (χ1v) is 11.4. The van der Waals surface area contributed by atoms with E-state index in [2.05, 4.69) is 0 Å². The average molecular weight is 448 g/mol. The summed E-state index contributed by atoms with van der Waals surface area (Å²) in [4.78, 5) is 14.9. The van der Waals surface area contributed by atoms with E-state index in [-0.39, 0.29) is 18.7 Å². The molecule has 0 aromatic heterocycles. The van der Waals surface area contributed by atoms with Crippen LogP contribution in [0.25, 0.3) is 5.57 Å². The Bertz CT molecular complexity index is 994. The number of carbonyl (C=O) groups excluding carboxylic acids is 1. The molecule has 0 spiro atoms. The van der Waals surface area contributed by atoms with Crippen LogP contribution in [0.1, 0.15) is 55.8 Å². The normalized spacial score (nSPS) is 20.4. The number of nitrogens with zero attached hydrogens (tertiary/aromatic N) is 1. The van der Waals surface area contributed by atoms with E-state index >= 15 is 0 Å². The van der Waals surface area contributed by atoms with Gasteiger partial charge in [-0.3, -0.25) is 0 Å². The summed E-state index contributed by atoms with van der Waals surface area (Å²) < 4.78 is 6.08. The molecule has 33 heavy (non-hydrogen) atoms. The monoisotopic (exact) mass is 447 g/mol. The van der Waals surface area contributed by atoms with Gasteiger partial charge in [-0.25, -0.2) is 4.79 Å². The van der Waals surface area contributed by atoms with Crippen LogP contribution in [0.3, 0.4) is 0 Å². The first kappa shape index (κ1) is 24.3. The highest BCUT2D eigenvalue weighted by molar-refractivity contribution is 5.74. The lowest BCUT2D eigenvalue weighted by Crippen LogP contribution is -2.48. The van der Waals surface area contributed by atoms with Crippen LogP contribution < -0.4 is 0 Å². The number of hydrogen-bond acceptors (Lipinski definition) is 4. The van der Waals surface area contributed by atoms with Gasteiger partial charge < -0.3 is 19.8 Å². The summed E-state index contributed by atoms with van der Waals surface area (Å²) in [6.07, 6.45) is 9.83. The molecule has 1 aliphatic rings. The number of cyclic esters (lactones) is 1. The van der Waals surface area contributed by atoms with Crippen molar-refractivity contribution in [3.63, 3.8) is 0 Å². The summed E-state index contributed by atoms with van der Waals surface area (Å²) in [6, 6.07) is 17.9. The summed E-state index contributed by atoms with van der Waals surface area (Å²) in [5, 5.41) is 18.2. The van der Waals surface area contributed by atoms with Crippen LogP contribution in [0.4, 0.5) is 4.79 Å². The molecule has 5 nitrogen and oxygen atoms in total. The Morgan fingerprint density at radius 3 is 2.48 bits per heavy atom. The van der Waals surface area contributed by atoms with Gasteiger partial charge in [0.2, 0.25) is 0 Å². The Labute approximate surface area is 196 Å². The molecule has 2 atom stereocenters. The summed E-state index contributed by atoms with van der Waals surface area (Å²) in [7, 11) is 0. The first-order valence-electron chi connectivity index (χ1n) is 11.4. The van der Waals surface area contributed by atoms with Gasteiger partial charge in [0.25, 0.3) is 0 Å². The minimum atomic E-state index is -0.697. The lowest BCUT2D eigenvalue weighted by Gasteiger charge is -2.43. The fraction of sp³-hybridized carbons (Fsp3) is 0.321. The Kier molecular flexibility index (Phi) is 8.50. The average Bonchev–Trinajstić information content (AvgIpc) is 2.86. The number of benzene rings is 2. The smallest absolute Gasteiger partial charge is 0.411 e. The largest absolute Gasteiger partial charge is 0.516 e. The van der Waals surface area contributed by atoms with E-state index in [1.165, 1.54) is 0 Å². The molecule has 2 aromatic rings. The third kappa shape index (κ3) is 5.74. The zero-order valence-electron chi connectivity index (χ0n) is 19.4. The molecule has 1 saturated heterocycles. The van der Waals surface area contributed by atoms with Gasteiger partial charge in [-0.1, -0.05) is 72.8 Å². The van der Waals surface area contributed by atoms with Crippen LogP contribution in [-0.2, 0) is 10.3 Å². The van der Waals surface area contributed by atoms with Crippen LogP contribution in [0.15, 0.2) is 85.2 Å². The number of hydrogen-bond donors (Lipinski definition) is 2. The van der Waals surface area contributed by atoms with E-state index in [1.807, 2.05) is 80.6 Å². The Balaban J connectivity index is 1.75. The van der Waals surface area contributed by atoms with E-state index in [1.54, 1.807) is 17.1 Å². The molecular weight excluding hydrogens is 414 g/mol. The molecule has 5 heteroatoms. The van der Waals surface area contributed by atoms with Gasteiger partial charge in [0, 0.05) is 19.6 Å². The predicted molar refractivity (Wildman–Crippen MR) is 132 cm³/mol. The van der Waals surface area contributed by atoms with Crippen molar-refractivity contribution in [3.05, 3.63) is 102 Å². The zero-order valence-corrected chi connectivity index (χ0v) is 19.4. The minimum Gasteiger partial charge on any atom is -0.516 e. The van der Waals surface area contributed by atoms with Crippen LogP contribution in [0.2, 0.25) is 0 Å². The molecule has 0 saturated carbocycles. The van der Waals surface area contributed by atoms with E-state index in [4.69, 9.17) is 9.84 Å². The Hall–Kier alpha value is -3.31. The molecule has 174 valence electrons. The fourth-order valence-electron chi connectivity index (χ4n) is 4.35. The molecule has 3 rings (SSSR count). The first-order chi connectivity index (χ1) is 16.0. The number of carbonyl (C=O) groups is 1. The number of amides is 1. The van der Waals surface area contributed by atoms with Gasteiger partial charge in [0.15, 0.2) is 0 Å². The second-order valence-corrected chi connectivity index (χ2v) is 8.24. The van der Waals surface area contributed by atoms with E-state index < -0.39 is 5.60 Å². The number of aliphatic hydroxyl groups excluding tert-OH is 2. The number of aliphatic hydroxyl groups is 2. The standard InChI is InChI=1S/C28H33NO4/c1-3-23(10-7-8-20-30)25-15-13-24(14-16-25)22(2)29-19-18-28(17-9-21-31,33-27(29)32)26-11-5-4-6-12-26/h3-8,10-16,20,22,30-31H,9,17-19,21H2,1-2H3/b10-7-,20-8?,23-3+/t22-,28+/m0/s1. The molecule has 1 heterocycles. The van der Waals surface area contributed by atoms with Crippen molar-refractivity contribution in [3.8, 4) is 0 Å². The Morgan fingerprint density at radius 1 is 1.15 bits per heavy atom. The molecule has 1 aliphatic heterocycles. The topological polar surface area (TPSA) is 70.0 Å². The fourth-order valence-corrected chi connectivity index (χ4v) is 4.35. The van der Waals surface area contributed by atoms with Gasteiger partial charge in [-0.2, -0.15) is 0 Å². The molecule has 0 radical (unpaired) electrons. The van der Waals surface area contributed by atoms with Crippen molar-refractivity contribution in [2.24, 2.45) is 0 Å². The highest BCUT2D eigenvalue weighted by Crippen LogP contribution is 2.40. The maximum absolute atomic E-state index is 13.1. The number of allylic oxidation sites excluding steroid dienone is 5. The molecule has 0 aliphatic carbocycles. The molecule has 0 unspecified atom stereocenters. The van der Waals surface area contributed by atoms with Crippen molar-refractivity contribution in [1.29, 1.82) is 0 Å². The number of rotatable bonds is 9.